The number of aliphatic imine (C=N–C) groups is 1. The van der Waals surface area contributed by atoms with Gasteiger partial charge in [0.25, 0.3) is 0 Å². The molecule has 1 N–H and O–H groups in total. The van der Waals surface area contributed by atoms with Gasteiger partial charge in [-0.3, -0.25) is 5.41 Å². The van der Waals surface area contributed by atoms with Gasteiger partial charge < -0.3 is 14.5 Å². The lowest BCUT2D eigenvalue weighted by molar-refractivity contribution is -0.143. The third-order valence-corrected chi connectivity index (χ3v) is 5.46. The summed E-state index contributed by atoms with van der Waals surface area (Å²) in [5.41, 5.74) is -3.88. The smallest absolute Gasteiger partial charge is 0.416 e. The minimum absolute atomic E-state index is 0.0658. The van der Waals surface area contributed by atoms with Crippen molar-refractivity contribution in [3.05, 3.63) is 34.9 Å². The molecule has 0 radical (unpaired) electrons. The van der Waals surface area contributed by atoms with E-state index in [1.807, 2.05) is 6.92 Å². The van der Waals surface area contributed by atoms with E-state index >= 15 is 0 Å². The summed E-state index contributed by atoms with van der Waals surface area (Å²) < 4.78 is 85.4. The number of carbonyl (C=O) groups excluding carboxylic acids is 1. The number of hydrogen-bond donors (Lipinski definition) is 1. The topological polar surface area (TPSA) is 69.0 Å². The summed E-state index contributed by atoms with van der Waals surface area (Å²) in [7, 11) is 0. The maximum Gasteiger partial charge on any atom is 0.416 e. The number of carbonyl (C=O) groups is 1. The second kappa shape index (κ2) is 10.4. The van der Waals surface area contributed by atoms with Crippen molar-refractivity contribution in [2.75, 3.05) is 6.54 Å². The van der Waals surface area contributed by atoms with Crippen molar-refractivity contribution in [3.8, 4) is 0 Å². The monoisotopic (exact) mass is 508 g/mol. The fourth-order valence-electron chi connectivity index (χ4n) is 3.93. The molecule has 0 bridgehead atoms. The molecule has 196 valence electrons. The third kappa shape index (κ3) is 7.60. The fraction of sp³-hybridized carbons (Fsp3) is 0.609. The minimum Gasteiger partial charge on any atom is -0.444 e. The Kier molecular flexibility index (Phi) is 8.49. The number of nitrogens with one attached hydrogen (secondary N) is 1. The van der Waals surface area contributed by atoms with Crippen molar-refractivity contribution in [3.63, 3.8) is 0 Å². The van der Waals surface area contributed by atoms with Gasteiger partial charge in [0.2, 0.25) is 5.96 Å². The van der Waals surface area contributed by atoms with Crippen LogP contribution in [0.4, 0.5) is 31.1 Å². The fourth-order valence-corrected chi connectivity index (χ4v) is 3.93. The summed E-state index contributed by atoms with van der Waals surface area (Å²) in [5.74, 6) is -0.329. The molecule has 2 atom stereocenters. The SMILES string of the molecule is C/C=N\C(=N)N(Cc1cc(C(F)(F)F)cc(C(F)(F)F)c1)[C@H]1C[C@@H](CC)N(C(=O)OC(C)(C)C)C1. The molecule has 1 amide bonds. The largest absolute Gasteiger partial charge is 0.444 e. The van der Waals surface area contributed by atoms with Gasteiger partial charge in [0.15, 0.2) is 0 Å². The van der Waals surface area contributed by atoms with Crippen LogP contribution in [0.2, 0.25) is 0 Å². The summed E-state index contributed by atoms with van der Waals surface area (Å²) in [6.07, 6.45) is -8.33. The molecule has 12 heteroatoms. The van der Waals surface area contributed by atoms with Gasteiger partial charge in [0.1, 0.15) is 5.60 Å². The van der Waals surface area contributed by atoms with Crippen molar-refractivity contribution in [2.24, 2.45) is 4.99 Å². The van der Waals surface area contributed by atoms with E-state index in [-0.39, 0.29) is 30.2 Å². The van der Waals surface area contributed by atoms with Gasteiger partial charge in [-0.25, -0.2) is 9.79 Å². The first-order valence-corrected chi connectivity index (χ1v) is 11.1. The molecule has 35 heavy (non-hydrogen) atoms. The second-order valence-corrected chi connectivity index (χ2v) is 9.34. The maximum absolute atomic E-state index is 13.3. The van der Waals surface area contributed by atoms with Gasteiger partial charge in [-0.05, 0) is 64.3 Å². The van der Waals surface area contributed by atoms with Crippen LogP contribution in [-0.2, 0) is 23.6 Å². The number of alkyl halides is 6. The van der Waals surface area contributed by atoms with E-state index in [1.54, 1.807) is 20.8 Å². The molecule has 1 aliphatic rings. The molecule has 0 aromatic heterocycles. The average Bonchev–Trinajstić information content (AvgIpc) is 3.13. The standard InChI is InChI=1S/C23H30F6N4O2/c1-6-17-11-18(13-33(17)20(34)35-21(3,4)5)32(19(30)31-7-2)12-14-8-15(22(24,25)26)10-16(9-14)23(27,28)29/h7-10,17-18,30H,6,11-13H2,1-5H3/b30-19?,31-7-/t17-,18+/m1/s1. The molecule has 1 aliphatic heterocycles. The molecule has 1 saturated heterocycles. The normalized spacial score (nSPS) is 19.3. The zero-order chi connectivity index (χ0) is 26.8. The Labute approximate surface area is 200 Å². The quantitative estimate of drug-likeness (QED) is 0.293. The first kappa shape index (κ1) is 28.4. The molecule has 1 fully saturated rings. The van der Waals surface area contributed by atoms with E-state index in [0.29, 0.717) is 25.0 Å². The van der Waals surface area contributed by atoms with Gasteiger partial charge in [-0.15, -0.1) is 0 Å². The van der Waals surface area contributed by atoms with Gasteiger partial charge in [-0.1, -0.05) is 6.92 Å². The Morgan fingerprint density at radius 3 is 2.11 bits per heavy atom. The summed E-state index contributed by atoms with van der Waals surface area (Å²) in [5, 5.41) is 8.30. The molecule has 2 rings (SSSR count). The molecular weight excluding hydrogens is 478 g/mol. The molecular formula is C23H30F6N4O2. The van der Waals surface area contributed by atoms with Crippen LogP contribution in [-0.4, -0.2) is 52.3 Å². The lowest BCUT2D eigenvalue weighted by Gasteiger charge is -2.30. The molecule has 0 unspecified atom stereocenters. The Morgan fingerprint density at radius 2 is 1.69 bits per heavy atom. The van der Waals surface area contributed by atoms with Gasteiger partial charge >= 0.3 is 18.4 Å². The highest BCUT2D eigenvalue weighted by molar-refractivity contribution is 5.85. The Balaban J connectivity index is 2.44. The van der Waals surface area contributed by atoms with Crippen LogP contribution in [0.5, 0.6) is 0 Å². The number of amides is 1. The highest BCUT2D eigenvalue weighted by atomic mass is 19.4. The molecule has 6 nitrogen and oxygen atoms in total. The summed E-state index contributed by atoms with van der Waals surface area (Å²) >= 11 is 0. The first-order chi connectivity index (χ1) is 16.0. The predicted octanol–water partition coefficient (Wildman–Crippen LogP) is 6.34. The van der Waals surface area contributed by atoms with E-state index in [9.17, 15) is 31.1 Å². The summed E-state index contributed by atoms with van der Waals surface area (Å²) in [6.45, 7) is 8.18. The van der Waals surface area contributed by atoms with Crippen molar-refractivity contribution in [1.82, 2.24) is 9.80 Å². The number of guanidine groups is 1. The Hall–Kier alpha value is -2.79. The first-order valence-electron chi connectivity index (χ1n) is 11.1. The molecule has 0 spiro atoms. The number of rotatable bonds is 4. The average molecular weight is 509 g/mol. The summed E-state index contributed by atoms with van der Waals surface area (Å²) in [6, 6.07) is 0.512. The van der Waals surface area contributed by atoms with Crippen LogP contribution < -0.4 is 0 Å². The Morgan fingerprint density at radius 1 is 1.14 bits per heavy atom. The number of nitrogens with zero attached hydrogens (tertiary/aromatic N) is 3. The van der Waals surface area contributed by atoms with Crippen molar-refractivity contribution in [2.45, 2.75) is 84.0 Å². The zero-order valence-corrected chi connectivity index (χ0v) is 20.2. The van der Waals surface area contributed by atoms with Gasteiger partial charge in [0.05, 0.1) is 17.2 Å². The number of likely N-dealkylation sites (tertiary alicyclic amines) is 1. The highest BCUT2D eigenvalue weighted by Crippen LogP contribution is 2.37. The number of benzene rings is 1. The lowest BCUT2D eigenvalue weighted by Crippen LogP contribution is -2.43. The second-order valence-electron chi connectivity index (χ2n) is 9.34. The van der Waals surface area contributed by atoms with Gasteiger partial charge in [0, 0.05) is 25.3 Å². The minimum atomic E-state index is -4.98. The van der Waals surface area contributed by atoms with Crippen molar-refractivity contribution >= 4 is 18.3 Å². The molecule has 1 heterocycles. The maximum atomic E-state index is 13.3. The zero-order valence-electron chi connectivity index (χ0n) is 20.2. The van der Waals surface area contributed by atoms with E-state index in [4.69, 9.17) is 10.1 Å². The van der Waals surface area contributed by atoms with E-state index in [0.717, 1.165) is 0 Å². The molecule has 0 saturated carbocycles. The molecule has 1 aromatic carbocycles. The van der Waals surface area contributed by atoms with Crippen LogP contribution in [0, 0.1) is 5.41 Å². The van der Waals surface area contributed by atoms with Crippen LogP contribution in [0.25, 0.3) is 0 Å². The van der Waals surface area contributed by atoms with Crippen LogP contribution in [0.15, 0.2) is 23.2 Å². The number of ether oxygens (including phenoxy) is 1. The highest BCUT2D eigenvalue weighted by Gasteiger charge is 2.41. The van der Waals surface area contributed by atoms with Crippen molar-refractivity contribution in [1.29, 1.82) is 5.41 Å². The molecule has 1 aromatic rings. The number of halogens is 6. The van der Waals surface area contributed by atoms with Crippen LogP contribution in [0.1, 0.15) is 64.2 Å². The number of hydrogen-bond acceptors (Lipinski definition) is 3. The lowest BCUT2D eigenvalue weighted by atomic mass is 10.0. The van der Waals surface area contributed by atoms with Crippen molar-refractivity contribution < 1.29 is 35.9 Å². The third-order valence-electron chi connectivity index (χ3n) is 5.46. The van der Waals surface area contributed by atoms with Crippen LogP contribution in [0.3, 0.4) is 0 Å². The summed E-state index contributed by atoms with van der Waals surface area (Å²) in [4.78, 5) is 19.4. The van der Waals surface area contributed by atoms with E-state index < -0.39 is 47.8 Å². The van der Waals surface area contributed by atoms with Gasteiger partial charge in [-0.2, -0.15) is 26.3 Å². The van der Waals surface area contributed by atoms with E-state index in [2.05, 4.69) is 4.99 Å². The Bertz CT molecular complexity index is 921. The molecule has 0 aliphatic carbocycles. The van der Waals surface area contributed by atoms with Crippen LogP contribution >= 0.6 is 0 Å². The van der Waals surface area contributed by atoms with E-state index in [1.165, 1.54) is 22.9 Å². The predicted molar refractivity (Wildman–Crippen MR) is 119 cm³/mol.